The second-order valence-corrected chi connectivity index (χ2v) is 5.44. The molecule has 6 heteroatoms. The summed E-state index contributed by atoms with van der Waals surface area (Å²) in [5.41, 5.74) is 2.40. The van der Waals surface area contributed by atoms with Crippen LogP contribution in [-0.4, -0.2) is 4.92 Å². The molecule has 0 heterocycles. The quantitative estimate of drug-likeness (QED) is 0.421. The molecule has 0 saturated carbocycles. The van der Waals surface area contributed by atoms with E-state index in [1.54, 1.807) is 19.1 Å². The first kappa shape index (κ1) is 15.8. The van der Waals surface area contributed by atoms with Crippen molar-refractivity contribution in [2.75, 3.05) is 0 Å². The molecule has 0 fully saturated rings. The molecular formula is C15H13BrClNO3. The second kappa shape index (κ2) is 6.91. The third-order valence-corrected chi connectivity index (χ3v) is 4.08. The van der Waals surface area contributed by atoms with Crippen molar-refractivity contribution in [3.63, 3.8) is 0 Å². The summed E-state index contributed by atoms with van der Waals surface area (Å²) >= 11 is 9.53. The lowest BCUT2D eigenvalue weighted by atomic mass is 10.1. The van der Waals surface area contributed by atoms with Crippen molar-refractivity contribution >= 4 is 33.2 Å². The van der Waals surface area contributed by atoms with Crippen LogP contribution in [-0.2, 0) is 11.9 Å². The fraction of sp³-hybridized carbons (Fsp3) is 0.200. The minimum atomic E-state index is -0.391. The molecule has 0 saturated heterocycles. The predicted octanol–water partition coefficient (Wildman–Crippen LogP) is 5.03. The molecule has 0 radical (unpaired) electrons. The maximum Gasteiger partial charge on any atom is 0.272 e. The molecule has 4 nitrogen and oxygen atoms in total. The molecule has 0 amide bonds. The van der Waals surface area contributed by atoms with Crippen molar-refractivity contribution in [3.05, 3.63) is 68.2 Å². The molecule has 110 valence electrons. The molecule has 2 rings (SSSR count). The van der Waals surface area contributed by atoms with Crippen LogP contribution in [0.25, 0.3) is 0 Å². The molecule has 0 aromatic heterocycles. The molecule has 0 spiro atoms. The summed E-state index contributed by atoms with van der Waals surface area (Å²) in [5.74, 6) is 0.599. The van der Waals surface area contributed by atoms with Crippen molar-refractivity contribution in [2.24, 2.45) is 0 Å². The van der Waals surface area contributed by atoms with E-state index in [1.807, 2.05) is 18.2 Å². The Morgan fingerprint density at radius 2 is 1.90 bits per heavy atom. The molecule has 0 bridgehead atoms. The summed E-state index contributed by atoms with van der Waals surface area (Å²) in [6.45, 7) is 1.95. The van der Waals surface area contributed by atoms with Crippen LogP contribution in [0.15, 0.2) is 36.4 Å². The largest absolute Gasteiger partial charge is 0.487 e. The number of rotatable bonds is 5. The van der Waals surface area contributed by atoms with Crippen LogP contribution in [0.1, 0.15) is 16.7 Å². The zero-order valence-electron chi connectivity index (χ0n) is 11.3. The molecule has 0 unspecified atom stereocenters. The summed E-state index contributed by atoms with van der Waals surface area (Å²) < 4.78 is 5.78. The minimum Gasteiger partial charge on any atom is -0.487 e. The number of nitro benzene ring substituents is 1. The van der Waals surface area contributed by atoms with E-state index in [9.17, 15) is 10.1 Å². The van der Waals surface area contributed by atoms with Crippen LogP contribution < -0.4 is 4.74 Å². The van der Waals surface area contributed by atoms with Gasteiger partial charge in [-0.15, -0.1) is 0 Å². The van der Waals surface area contributed by atoms with Crippen molar-refractivity contribution in [1.82, 2.24) is 0 Å². The number of para-hydroxylation sites is 1. The summed E-state index contributed by atoms with van der Waals surface area (Å²) in [7, 11) is 0. The van der Waals surface area contributed by atoms with E-state index < -0.39 is 4.92 Å². The fourth-order valence-electron chi connectivity index (χ4n) is 1.99. The Labute approximate surface area is 136 Å². The van der Waals surface area contributed by atoms with Crippen LogP contribution in [0.2, 0.25) is 5.02 Å². The van der Waals surface area contributed by atoms with E-state index in [4.69, 9.17) is 16.3 Å². The van der Waals surface area contributed by atoms with Crippen LogP contribution >= 0.6 is 27.5 Å². The van der Waals surface area contributed by atoms with Gasteiger partial charge in [0.15, 0.2) is 0 Å². The first-order valence-electron chi connectivity index (χ1n) is 6.23. The summed E-state index contributed by atoms with van der Waals surface area (Å²) in [4.78, 5) is 10.5. The normalized spacial score (nSPS) is 10.4. The van der Waals surface area contributed by atoms with E-state index in [1.165, 1.54) is 6.07 Å². The summed E-state index contributed by atoms with van der Waals surface area (Å²) in [5, 5.41) is 12.1. The lowest BCUT2D eigenvalue weighted by Crippen LogP contribution is -2.02. The lowest BCUT2D eigenvalue weighted by Gasteiger charge is -2.13. The van der Waals surface area contributed by atoms with Gasteiger partial charge in [0.1, 0.15) is 12.4 Å². The number of alkyl halides is 1. The monoisotopic (exact) mass is 369 g/mol. The van der Waals surface area contributed by atoms with Gasteiger partial charge in [0.25, 0.3) is 5.69 Å². The minimum absolute atomic E-state index is 0.0935. The first-order valence-corrected chi connectivity index (χ1v) is 7.73. The van der Waals surface area contributed by atoms with E-state index in [0.29, 0.717) is 21.7 Å². The zero-order chi connectivity index (χ0) is 15.4. The van der Waals surface area contributed by atoms with Crippen molar-refractivity contribution < 1.29 is 9.66 Å². The van der Waals surface area contributed by atoms with Gasteiger partial charge in [0.2, 0.25) is 0 Å². The molecule has 0 aliphatic rings. The van der Waals surface area contributed by atoms with Crippen LogP contribution in [0, 0.1) is 17.0 Å². The Morgan fingerprint density at radius 3 is 2.57 bits per heavy atom. The van der Waals surface area contributed by atoms with Gasteiger partial charge in [-0.3, -0.25) is 10.1 Å². The van der Waals surface area contributed by atoms with Gasteiger partial charge in [-0.05, 0) is 18.6 Å². The zero-order valence-corrected chi connectivity index (χ0v) is 13.6. The van der Waals surface area contributed by atoms with Crippen LogP contribution in [0.4, 0.5) is 5.69 Å². The summed E-state index contributed by atoms with van der Waals surface area (Å²) in [6.07, 6.45) is 0. The van der Waals surface area contributed by atoms with E-state index in [-0.39, 0.29) is 12.3 Å². The van der Waals surface area contributed by atoms with E-state index in [2.05, 4.69) is 15.9 Å². The number of benzene rings is 2. The molecule has 0 aliphatic carbocycles. The standard InChI is InChI=1S/C15H13BrClNO3/c1-10-12(5-3-7-14(10)18(19)20)9-21-15-11(8-16)4-2-6-13(15)17/h2-7H,8-9H2,1H3. The molecular weight excluding hydrogens is 358 g/mol. The van der Waals surface area contributed by atoms with Crippen molar-refractivity contribution in [3.8, 4) is 5.75 Å². The van der Waals surface area contributed by atoms with Crippen LogP contribution in [0.3, 0.4) is 0 Å². The highest BCUT2D eigenvalue weighted by atomic mass is 79.9. The Hall–Kier alpha value is -1.59. The summed E-state index contributed by atoms with van der Waals surface area (Å²) in [6, 6.07) is 10.5. The highest BCUT2D eigenvalue weighted by Crippen LogP contribution is 2.31. The number of nitrogens with zero attached hydrogens (tertiary/aromatic N) is 1. The average molecular weight is 371 g/mol. The predicted molar refractivity (Wildman–Crippen MR) is 86.2 cm³/mol. The van der Waals surface area contributed by atoms with Crippen molar-refractivity contribution in [1.29, 1.82) is 0 Å². The van der Waals surface area contributed by atoms with Gasteiger partial charge in [-0.1, -0.05) is 51.8 Å². The van der Waals surface area contributed by atoms with Crippen LogP contribution in [0.5, 0.6) is 5.75 Å². The highest BCUT2D eigenvalue weighted by Gasteiger charge is 2.14. The number of nitro groups is 1. The maximum absolute atomic E-state index is 10.9. The van der Waals surface area contributed by atoms with E-state index >= 15 is 0 Å². The lowest BCUT2D eigenvalue weighted by molar-refractivity contribution is -0.385. The topological polar surface area (TPSA) is 52.4 Å². The van der Waals surface area contributed by atoms with Gasteiger partial charge in [-0.2, -0.15) is 0 Å². The van der Waals surface area contributed by atoms with Gasteiger partial charge in [0, 0.05) is 22.5 Å². The Kier molecular flexibility index (Phi) is 5.20. The fourth-order valence-corrected chi connectivity index (χ4v) is 2.68. The molecule has 2 aromatic rings. The number of ether oxygens (including phenoxy) is 1. The molecule has 2 aromatic carbocycles. The molecule has 21 heavy (non-hydrogen) atoms. The molecule has 0 aliphatic heterocycles. The Bertz CT molecular complexity index is 676. The Morgan fingerprint density at radius 1 is 1.24 bits per heavy atom. The van der Waals surface area contributed by atoms with Gasteiger partial charge in [-0.25, -0.2) is 0 Å². The van der Waals surface area contributed by atoms with Gasteiger partial charge >= 0.3 is 0 Å². The average Bonchev–Trinajstić information content (AvgIpc) is 2.46. The third-order valence-electron chi connectivity index (χ3n) is 3.18. The third kappa shape index (κ3) is 3.54. The number of halogens is 2. The number of hydrogen-bond acceptors (Lipinski definition) is 3. The second-order valence-electron chi connectivity index (χ2n) is 4.47. The van der Waals surface area contributed by atoms with E-state index in [0.717, 1.165) is 11.1 Å². The Balaban J connectivity index is 2.25. The number of hydrogen-bond donors (Lipinski definition) is 0. The smallest absolute Gasteiger partial charge is 0.272 e. The molecule has 0 N–H and O–H groups in total. The van der Waals surface area contributed by atoms with Gasteiger partial charge < -0.3 is 4.74 Å². The molecule has 0 atom stereocenters. The maximum atomic E-state index is 10.9. The highest BCUT2D eigenvalue weighted by molar-refractivity contribution is 9.08. The first-order chi connectivity index (χ1) is 10.0. The van der Waals surface area contributed by atoms with Crippen molar-refractivity contribution in [2.45, 2.75) is 18.9 Å². The van der Waals surface area contributed by atoms with Gasteiger partial charge in [0.05, 0.1) is 9.95 Å². The SMILES string of the molecule is Cc1c(COc2c(Cl)cccc2CBr)cccc1[N+](=O)[O-].